The molecular formula is C6H4Cl2NaO+. The molecule has 0 heterocycles. The second kappa shape index (κ2) is 4.47. The van der Waals surface area contributed by atoms with Crippen molar-refractivity contribution in [2.75, 3.05) is 0 Å². The van der Waals surface area contributed by atoms with E-state index in [1.807, 2.05) is 0 Å². The fourth-order valence-electron chi connectivity index (χ4n) is 0.492. The molecule has 0 unspecified atom stereocenters. The number of hydrogen-bond acceptors (Lipinski definition) is 1. The number of aromatic hydroxyl groups is 1. The van der Waals surface area contributed by atoms with E-state index in [9.17, 15) is 0 Å². The van der Waals surface area contributed by atoms with Crippen molar-refractivity contribution in [2.24, 2.45) is 0 Å². The van der Waals surface area contributed by atoms with Crippen molar-refractivity contribution >= 4 is 23.2 Å². The Morgan fingerprint density at radius 1 is 1.20 bits per heavy atom. The van der Waals surface area contributed by atoms with Crippen LogP contribution in [0.5, 0.6) is 5.75 Å². The topological polar surface area (TPSA) is 20.2 Å². The Hall–Kier alpha value is 0.600. The minimum atomic E-state index is 0. The van der Waals surface area contributed by atoms with Gasteiger partial charge in [-0.1, -0.05) is 29.3 Å². The van der Waals surface area contributed by atoms with Crippen molar-refractivity contribution < 1.29 is 34.7 Å². The molecule has 0 amide bonds. The number of halogens is 2. The number of rotatable bonds is 0. The average molecular weight is 186 g/mol. The molecule has 4 heteroatoms. The Bertz CT molecular complexity index is 207. The zero-order valence-electron chi connectivity index (χ0n) is 5.44. The van der Waals surface area contributed by atoms with Gasteiger partial charge in [-0.25, -0.2) is 0 Å². The van der Waals surface area contributed by atoms with Crippen molar-refractivity contribution in [1.29, 1.82) is 0 Å². The van der Waals surface area contributed by atoms with Crippen LogP contribution in [0.25, 0.3) is 0 Å². The Labute approximate surface area is 91.2 Å². The van der Waals surface area contributed by atoms with Gasteiger partial charge >= 0.3 is 29.6 Å². The van der Waals surface area contributed by atoms with Crippen LogP contribution in [-0.2, 0) is 0 Å². The molecule has 0 spiro atoms. The van der Waals surface area contributed by atoms with Crippen molar-refractivity contribution in [3.05, 3.63) is 28.2 Å². The summed E-state index contributed by atoms with van der Waals surface area (Å²) in [5, 5.41) is 9.46. The molecule has 10 heavy (non-hydrogen) atoms. The van der Waals surface area contributed by atoms with E-state index < -0.39 is 0 Å². The second-order valence-corrected chi connectivity index (χ2v) is 2.36. The average Bonchev–Trinajstić information content (AvgIpc) is 1.83. The van der Waals surface area contributed by atoms with Gasteiger partial charge in [0.2, 0.25) is 0 Å². The van der Waals surface area contributed by atoms with E-state index >= 15 is 0 Å². The first-order chi connectivity index (χ1) is 4.22. The van der Waals surface area contributed by atoms with E-state index in [2.05, 4.69) is 0 Å². The van der Waals surface area contributed by atoms with Crippen molar-refractivity contribution in [2.45, 2.75) is 0 Å². The van der Waals surface area contributed by atoms with Crippen LogP contribution >= 0.6 is 23.2 Å². The van der Waals surface area contributed by atoms with Crippen LogP contribution in [-0.4, -0.2) is 5.11 Å². The number of phenols is 1. The molecule has 0 aliphatic heterocycles. The molecule has 1 aromatic carbocycles. The number of benzene rings is 1. The first-order valence-corrected chi connectivity index (χ1v) is 3.10. The first-order valence-electron chi connectivity index (χ1n) is 2.35. The molecule has 1 nitrogen and oxygen atoms in total. The summed E-state index contributed by atoms with van der Waals surface area (Å²) in [6.07, 6.45) is 0. The van der Waals surface area contributed by atoms with Crippen LogP contribution in [0.15, 0.2) is 18.2 Å². The largest absolute Gasteiger partial charge is 1.00 e. The van der Waals surface area contributed by atoms with E-state index in [1.54, 1.807) is 12.1 Å². The molecule has 0 atom stereocenters. The van der Waals surface area contributed by atoms with Gasteiger partial charge in [0.15, 0.2) is 0 Å². The van der Waals surface area contributed by atoms with E-state index in [0.29, 0.717) is 5.02 Å². The quantitative estimate of drug-likeness (QED) is 0.551. The summed E-state index contributed by atoms with van der Waals surface area (Å²) in [5.41, 5.74) is 0. The third-order valence-corrected chi connectivity index (χ3v) is 1.74. The van der Waals surface area contributed by atoms with Crippen molar-refractivity contribution in [3.8, 4) is 5.75 Å². The zero-order valence-corrected chi connectivity index (χ0v) is 8.95. The van der Waals surface area contributed by atoms with E-state index in [-0.39, 0.29) is 40.3 Å². The third kappa shape index (κ3) is 2.33. The first kappa shape index (κ1) is 10.6. The van der Waals surface area contributed by atoms with E-state index in [4.69, 9.17) is 28.3 Å². The van der Waals surface area contributed by atoms with Gasteiger partial charge in [0.1, 0.15) is 10.8 Å². The summed E-state index contributed by atoms with van der Waals surface area (Å²) < 4.78 is 0. The van der Waals surface area contributed by atoms with Gasteiger partial charge in [0.05, 0.1) is 5.02 Å². The van der Waals surface area contributed by atoms with Crippen molar-refractivity contribution in [1.82, 2.24) is 0 Å². The predicted molar refractivity (Wildman–Crippen MR) is 38.1 cm³/mol. The van der Waals surface area contributed by atoms with Gasteiger partial charge in [0, 0.05) is 0 Å². The maximum Gasteiger partial charge on any atom is 1.00 e. The van der Waals surface area contributed by atoms with Gasteiger partial charge in [-0.3, -0.25) is 0 Å². The Morgan fingerprint density at radius 2 is 1.80 bits per heavy atom. The monoisotopic (exact) mass is 185 g/mol. The molecule has 0 radical (unpaired) electrons. The molecule has 0 aliphatic carbocycles. The molecule has 0 bridgehead atoms. The number of hydrogen-bond donors (Lipinski definition) is 1. The number of phenolic OH excluding ortho intramolecular Hbond substituents is 1. The fraction of sp³-hybridized carbons (Fsp3) is 0. The predicted octanol–water partition coefficient (Wildman–Crippen LogP) is -0.297. The smallest absolute Gasteiger partial charge is 0.506 e. The standard InChI is InChI=1S/C6H4Cl2O.Na/c7-4-2-1-3-5(9)6(4)8;/h1-3,9H;/q;+1. The summed E-state index contributed by atoms with van der Waals surface area (Å²) in [4.78, 5) is 0. The summed E-state index contributed by atoms with van der Waals surface area (Å²) in [5.74, 6) is 0.0177. The molecule has 1 aromatic rings. The van der Waals surface area contributed by atoms with Crippen LogP contribution < -0.4 is 29.6 Å². The summed E-state index contributed by atoms with van der Waals surface area (Å²) in [7, 11) is 0. The molecule has 1 N–H and O–H groups in total. The zero-order chi connectivity index (χ0) is 6.85. The maximum absolute atomic E-state index is 8.88. The van der Waals surface area contributed by atoms with E-state index in [0.717, 1.165) is 0 Å². The van der Waals surface area contributed by atoms with Crippen LogP contribution in [0.1, 0.15) is 0 Å². The SMILES string of the molecule is Oc1cccc(Cl)c1Cl.[Na+]. The normalized spacial score (nSPS) is 8.60. The summed E-state index contributed by atoms with van der Waals surface area (Å²) in [6.45, 7) is 0. The van der Waals surface area contributed by atoms with Crippen LogP contribution in [0.3, 0.4) is 0 Å². The Kier molecular flexibility index (Phi) is 4.74. The van der Waals surface area contributed by atoms with Gasteiger partial charge < -0.3 is 5.11 Å². The minimum Gasteiger partial charge on any atom is -0.506 e. The second-order valence-electron chi connectivity index (χ2n) is 1.57. The van der Waals surface area contributed by atoms with E-state index in [1.165, 1.54) is 6.07 Å². The fourth-order valence-corrected chi connectivity index (χ4v) is 0.788. The molecule has 1 rings (SSSR count). The van der Waals surface area contributed by atoms with Crippen LogP contribution in [0.2, 0.25) is 10.0 Å². The molecular weight excluding hydrogens is 182 g/mol. The Morgan fingerprint density at radius 3 is 2.20 bits per heavy atom. The third-order valence-electron chi connectivity index (χ3n) is 0.931. The summed E-state index contributed by atoms with van der Waals surface area (Å²) >= 11 is 11.0. The van der Waals surface area contributed by atoms with Crippen LogP contribution in [0.4, 0.5) is 0 Å². The molecule has 0 aliphatic rings. The summed E-state index contributed by atoms with van der Waals surface area (Å²) in [6, 6.07) is 4.72. The Balaban J connectivity index is 0.000000810. The molecule has 0 saturated carbocycles. The molecule has 0 saturated heterocycles. The van der Waals surface area contributed by atoms with Gasteiger partial charge in [-0.05, 0) is 12.1 Å². The molecule has 0 fully saturated rings. The van der Waals surface area contributed by atoms with Gasteiger partial charge in [0.25, 0.3) is 0 Å². The van der Waals surface area contributed by atoms with Crippen LogP contribution in [0, 0.1) is 0 Å². The molecule has 0 aromatic heterocycles. The van der Waals surface area contributed by atoms with Crippen molar-refractivity contribution in [3.63, 3.8) is 0 Å². The van der Waals surface area contributed by atoms with Gasteiger partial charge in [-0.15, -0.1) is 0 Å². The van der Waals surface area contributed by atoms with Gasteiger partial charge in [-0.2, -0.15) is 0 Å². The molecule has 48 valence electrons. The maximum atomic E-state index is 8.88. The minimum absolute atomic E-state index is 0.